The van der Waals surface area contributed by atoms with E-state index >= 15 is 0 Å². The molecule has 1 aliphatic carbocycles. The smallest absolute Gasteiger partial charge is 0.243 e. The lowest BCUT2D eigenvalue weighted by Crippen LogP contribution is -2.49. The van der Waals surface area contributed by atoms with Gasteiger partial charge in [0.25, 0.3) is 0 Å². The summed E-state index contributed by atoms with van der Waals surface area (Å²) in [7, 11) is 0. The Hall–Kier alpha value is -1.11. The molecule has 1 heterocycles. The number of hydrogen-bond acceptors (Lipinski definition) is 3. The molecule has 0 spiro atoms. The number of rotatable bonds is 6. The fraction of sp³-hybridized carbons (Fsp3) is 0.769. The lowest BCUT2D eigenvalue weighted by atomic mass is 10.0. The Kier molecular flexibility index (Phi) is 4.36. The summed E-state index contributed by atoms with van der Waals surface area (Å²) in [5.41, 5.74) is 4.73. The third-order valence-electron chi connectivity index (χ3n) is 4.38. The summed E-state index contributed by atoms with van der Waals surface area (Å²) in [6.45, 7) is 3.06. The first-order valence-corrected chi connectivity index (χ1v) is 7.97. The SMILES string of the molecule is C[C@@H]1CC1(C(N)=O)N1CC(CCNC(=O)CBr)CC1=O. The molecule has 1 aliphatic heterocycles. The predicted molar refractivity (Wildman–Crippen MR) is 76.9 cm³/mol. The molecule has 2 rings (SSSR count). The van der Waals surface area contributed by atoms with E-state index in [-0.39, 0.29) is 29.0 Å². The van der Waals surface area contributed by atoms with Crippen molar-refractivity contribution >= 4 is 33.7 Å². The van der Waals surface area contributed by atoms with E-state index in [1.165, 1.54) is 0 Å². The van der Waals surface area contributed by atoms with E-state index < -0.39 is 11.4 Å². The van der Waals surface area contributed by atoms with Crippen LogP contribution >= 0.6 is 15.9 Å². The van der Waals surface area contributed by atoms with Crippen LogP contribution in [0.15, 0.2) is 0 Å². The Morgan fingerprint density at radius 1 is 1.55 bits per heavy atom. The van der Waals surface area contributed by atoms with Crippen molar-refractivity contribution < 1.29 is 14.4 Å². The van der Waals surface area contributed by atoms with E-state index in [1.54, 1.807) is 4.90 Å². The number of likely N-dealkylation sites (tertiary alicyclic amines) is 1. The first-order valence-electron chi connectivity index (χ1n) is 6.84. The third-order valence-corrected chi connectivity index (χ3v) is 4.89. The summed E-state index contributed by atoms with van der Waals surface area (Å²) < 4.78 is 0. The number of nitrogens with two attached hydrogens (primary N) is 1. The first kappa shape index (κ1) is 15.3. The molecule has 0 aromatic rings. The van der Waals surface area contributed by atoms with Crippen LogP contribution in [0.4, 0.5) is 0 Å². The lowest BCUT2D eigenvalue weighted by Gasteiger charge is -2.26. The molecule has 3 amide bonds. The Bertz CT molecular complexity index is 443. The van der Waals surface area contributed by atoms with Crippen molar-refractivity contribution in [2.75, 3.05) is 18.4 Å². The van der Waals surface area contributed by atoms with E-state index in [9.17, 15) is 14.4 Å². The number of halogens is 1. The van der Waals surface area contributed by atoms with Gasteiger partial charge in [-0.05, 0) is 24.7 Å². The molecule has 2 unspecified atom stereocenters. The van der Waals surface area contributed by atoms with Crippen LogP contribution in [0.2, 0.25) is 0 Å². The van der Waals surface area contributed by atoms with Gasteiger partial charge in [0.05, 0.1) is 5.33 Å². The van der Waals surface area contributed by atoms with Gasteiger partial charge >= 0.3 is 0 Å². The second-order valence-electron chi connectivity index (χ2n) is 5.74. The van der Waals surface area contributed by atoms with Crippen LogP contribution in [0.25, 0.3) is 0 Å². The second-order valence-corrected chi connectivity index (χ2v) is 6.30. The standard InChI is InChI=1S/C13H20BrN3O3/c1-8-5-13(8,12(15)20)17-7-9(4-11(17)19)2-3-16-10(18)6-14/h8-9H,2-7H2,1H3,(H2,15,20)(H,16,18)/t8-,9?,13?/m1/s1. The van der Waals surface area contributed by atoms with Crippen molar-refractivity contribution in [2.45, 2.75) is 31.7 Å². The zero-order valence-electron chi connectivity index (χ0n) is 11.5. The van der Waals surface area contributed by atoms with Crippen molar-refractivity contribution in [1.29, 1.82) is 0 Å². The van der Waals surface area contributed by atoms with Gasteiger partial charge in [-0.25, -0.2) is 0 Å². The molecule has 6 nitrogen and oxygen atoms in total. The van der Waals surface area contributed by atoms with Gasteiger partial charge in [0, 0.05) is 19.5 Å². The highest BCUT2D eigenvalue weighted by Crippen LogP contribution is 2.50. The van der Waals surface area contributed by atoms with E-state index in [1.807, 2.05) is 6.92 Å². The van der Waals surface area contributed by atoms with Crippen LogP contribution < -0.4 is 11.1 Å². The largest absolute Gasteiger partial charge is 0.368 e. The number of primary amides is 1. The normalized spacial score (nSPS) is 32.3. The van der Waals surface area contributed by atoms with Gasteiger partial charge in [-0.2, -0.15) is 0 Å². The predicted octanol–water partition coefficient (Wildman–Crippen LogP) is 0.0000000000000000555. The number of nitrogens with zero attached hydrogens (tertiary/aromatic N) is 1. The topological polar surface area (TPSA) is 92.5 Å². The number of amides is 3. The summed E-state index contributed by atoms with van der Waals surface area (Å²) in [5.74, 6) is -0.120. The molecule has 3 atom stereocenters. The Balaban J connectivity index is 1.88. The van der Waals surface area contributed by atoms with Crippen molar-refractivity contribution in [3.63, 3.8) is 0 Å². The lowest BCUT2D eigenvalue weighted by molar-refractivity contribution is -0.138. The average Bonchev–Trinajstić information content (AvgIpc) is 2.94. The Labute approximate surface area is 126 Å². The van der Waals surface area contributed by atoms with Gasteiger partial charge in [-0.3, -0.25) is 14.4 Å². The summed E-state index contributed by atoms with van der Waals surface area (Å²) in [6.07, 6.45) is 1.84. The zero-order valence-corrected chi connectivity index (χ0v) is 13.1. The van der Waals surface area contributed by atoms with Crippen molar-refractivity contribution in [1.82, 2.24) is 10.2 Å². The number of hydrogen-bond donors (Lipinski definition) is 2. The molecule has 20 heavy (non-hydrogen) atoms. The third kappa shape index (κ3) is 2.68. The van der Waals surface area contributed by atoms with Gasteiger partial charge in [-0.1, -0.05) is 22.9 Å². The minimum Gasteiger partial charge on any atom is -0.368 e. The highest BCUT2D eigenvalue weighted by atomic mass is 79.9. The first-order chi connectivity index (χ1) is 9.41. The second kappa shape index (κ2) is 5.71. The fourth-order valence-electron chi connectivity index (χ4n) is 3.08. The molecular formula is C13H20BrN3O3. The van der Waals surface area contributed by atoms with Crippen LogP contribution in [0.3, 0.4) is 0 Å². The van der Waals surface area contributed by atoms with Crippen LogP contribution in [0.5, 0.6) is 0 Å². The molecule has 0 bridgehead atoms. The minimum absolute atomic E-state index is 0.00460. The highest BCUT2D eigenvalue weighted by molar-refractivity contribution is 9.09. The van der Waals surface area contributed by atoms with Crippen molar-refractivity contribution in [3.05, 3.63) is 0 Å². The van der Waals surface area contributed by atoms with E-state index in [4.69, 9.17) is 5.73 Å². The van der Waals surface area contributed by atoms with Crippen molar-refractivity contribution in [2.24, 2.45) is 17.6 Å². The zero-order chi connectivity index (χ0) is 14.9. The summed E-state index contributed by atoms with van der Waals surface area (Å²) >= 11 is 3.08. The molecule has 7 heteroatoms. The van der Waals surface area contributed by atoms with Crippen molar-refractivity contribution in [3.8, 4) is 0 Å². The number of nitrogens with one attached hydrogen (secondary N) is 1. The Morgan fingerprint density at radius 2 is 2.20 bits per heavy atom. The molecule has 0 aromatic carbocycles. The van der Waals surface area contributed by atoms with Gasteiger partial charge in [-0.15, -0.1) is 0 Å². The van der Waals surface area contributed by atoms with Gasteiger partial charge in [0.1, 0.15) is 5.54 Å². The molecule has 2 fully saturated rings. The maximum atomic E-state index is 12.1. The highest BCUT2D eigenvalue weighted by Gasteiger charge is 2.63. The van der Waals surface area contributed by atoms with Crippen LogP contribution in [0.1, 0.15) is 26.2 Å². The average molecular weight is 346 g/mol. The quantitative estimate of drug-likeness (QED) is 0.663. The summed E-state index contributed by atoms with van der Waals surface area (Å²) in [6, 6.07) is 0. The van der Waals surface area contributed by atoms with Crippen LogP contribution in [-0.4, -0.2) is 46.6 Å². The molecule has 1 saturated carbocycles. The van der Waals surface area contributed by atoms with Gasteiger partial charge in [0.2, 0.25) is 17.7 Å². The number of carbonyl (C=O) groups excluding carboxylic acids is 3. The molecule has 0 radical (unpaired) electrons. The molecule has 112 valence electrons. The van der Waals surface area contributed by atoms with E-state index in [0.29, 0.717) is 25.9 Å². The minimum atomic E-state index is -0.745. The van der Waals surface area contributed by atoms with E-state index in [0.717, 1.165) is 6.42 Å². The molecular weight excluding hydrogens is 326 g/mol. The fourth-order valence-corrected chi connectivity index (χ4v) is 3.28. The Morgan fingerprint density at radius 3 is 2.70 bits per heavy atom. The monoisotopic (exact) mass is 345 g/mol. The van der Waals surface area contributed by atoms with Crippen LogP contribution in [0, 0.1) is 11.8 Å². The molecule has 3 N–H and O–H groups in total. The number of carbonyl (C=O) groups is 3. The van der Waals surface area contributed by atoms with Gasteiger partial charge < -0.3 is 16.0 Å². The summed E-state index contributed by atoms with van der Waals surface area (Å²) in [4.78, 5) is 36.5. The molecule has 1 saturated heterocycles. The van der Waals surface area contributed by atoms with Gasteiger partial charge in [0.15, 0.2) is 0 Å². The molecule has 2 aliphatic rings. The number of alkyl halides is 1. The van der Waals surface area contributed by atoms with Crippen LogP contribution in [-0.2, 0) is 14.4 Å². The molecule has 0 aromatic heterocycles. The summed E-state index contributed by atoms with van der Waals surface area (Å²) in [5, 5.41) is 3.05. The maximum Gasteiger partial charge on any atom is 0.243 e. The van der Waals surface area contributed by atoms with E-state index in [2.05, 4.69) is 21.2 Å². The maximum absolute atomic E-state index is 12.1.